The van der Waals surface area contributed by atoms with Crippen molar-refractivity contribution in [2.75, 3.05) is 13.2 Å². The summed E-state index contributed by atoms with van der Waals surface area (Å²) in [5, 5.41) is 8.83. The van der Waals surface area contributed by atoms with Gasteiger partial charge in [-0.25, -0.2) is 0 Å². The summed E-state index contributed by atoms with van der Waals surface area (Å²) >= 11 is 0. The first-order valence-corrected chi connectivity index (χ1v) is 20.5. The average molecular weight is 717 g/mol. The van der Waals surface area contributed by atoms with Gasteiger partial charge in [0.25, 0.3) is 0 Å². The predicted octanol–water partition coefficient (Wildman–Crippen LogP) is 10.8. The summed E-state index contributed by atoms with van der Waals surface area (Å²) in [4.78, 5) is 47.2. The molecule has 1 N–H and O–H groups in total. The van der Waals surface area contributed by atoms with Crippen LogP contribution in [0.25, 0.3) is 0 Å². The van der Waals surface area contributed by atoms with Gasteiger partial charge in [0.15, 0.2) is 0 Å². The normalized spacial score (nSPS) is 10.6. The standard InChI is InChI=1S/C43H72O8/c1-3-5-7-9-11-13-21-29-37-49-41(46)34-25-19-15-17-23-31-39(51-43(48)36-28-27-33-40(44)45)32-24-18-16-20-26-35-42(47)50-38-30-22-14-12-10-8-6-4-2/h39H,3-12,15-20,23-38H2,1-2H3,(H,44,45). The summed E-state index contributed by atoms with van der Waals surface area (Å²) in [6, 6.07) is 0. The van der Waals surface area contributed by atoms with Crippen molar-refractivity contribution in [1.82, 2.24) is 0 Å². The van der Waals surface area contributed by atoms with Gasteiger partial charge in [0.2, 0.25) is 0 Å². The summed E-state index contributed by atoms with van der Waals surface area (Å²) in [6.45, 7) is 5.12. The Bertz CT molecular complexity index is 937. The molecule has 0 radical (unpaired) electrons. The van der Waals surface area contributed by atoms with E-state index in [1.165, 1.54) is 38.5 Å². The Morgan fingerprint density at radius 1 is 0.451 bits per heavy atom. The lowest BCUT2D eigenvalue weighted by atomic mass is 10.0. The van der Waals surface area contributed by atoms with E-state index in [1.54, 1.807) is 0 Å². The second kappa shape index (κ2) is 38.2. The number of esters is 3. The molecule has 0 amide bonds. The number of carbonyl (C=O) groups excluding carboxylic acids is 3. The average Bonchev–Trinajstić information content (AvgIpc) is 3.10. The molecule has 0 atom stereocenters. The summed E-state index contributed by atoms with van der Waals surface area (Å²) in [7, 11) is 0. The number of hydrogen-bond donors (Lipinski definition) is 1. The Labute approximate surface area is 311 Å². The molecule has 0 aliphatic carbocycles. The first-order chi connectivity index (χ1) is 24.9. The molecule has 0 aromatic rings. The highest BCUT2D eigenvalue weighted by atomic mass is 16.5. The maximum absolute atomic E-state index is 12.5. The van der Waals surface area contributed by atoms with Crippen molar-refractivity contribution in [3.63, 3.8) is 0 Å². The molecule has 0 aliphatic heterocycles. The molecule has 292 valence electrons. The SMILES string of the molecule is CCCCCCC#CCCOC(=O)CCCCCCCC(CCCCCCCC(=O)OCCC#CCCCCCC)OC(=O)CCCCC(=O)O. The summed E-state index contributed by atoms with van der Waals surface area (Å²) in [6.07, 6.45) is 25.9. The van der Waals surface area contributed by atoms with Crippen molar-refractivity contribution in [2.24, 2.45) is 0 Å². The van der Waals surface area contributed by atoms with E-state index < -0.39 is 5.97 Å². The fourth-order valence-electron chi connectivity index (χ4n) is 5.61. The first-order valence-electron chi connectivity index (χ1n) is 20.5. The number of ether oxygens (including phenoxy) is 3. The highest BCUT2D eigenvalue weighted by Gasteiger charge is 2.15. The Kier molecular flexibility index (Phi) is 36.0. The highest BCUT2D eigenvalue weighted by Crippen LogP contribution is 2.18. The lowest BCUT2D eigenvalue weighted by Crippen LogP contribution is -2.18. The summed E-state index contributed by atoms with van der Waals surface area (Å²) in [5.41, 5.74) is 0. The van der Waals surface area contributed by atoms with Gasteiger partial charge in [0, 0.05) is 51.4 Å². The van der Waals surface area contributed by atoms with Gasteiger partial charge in [0.1, 0.15) is 19.3 Å². The predicted molar refractivity (Wildman–Crippen MR) is 205 cm³/mol. The molecule has 0 aromatic carbocycles. The van der Waals surface area contributed by atoms with Crippen molar-refractivity contribution in [3.8, 4) is 23.7 Å². The molecule has 8 heteroatoms. The van der Waals surface area contributed by atoms with E-state index in [2.05, 4.69) is 37.5 Å². The molecular weight excluding hydrogens is 644 g/mol. The van der Waals surface area contributed by atoms with Crippen LogP contribution in [0.2, 0.25) is 0 Å². The Morgan fingerprint density at radius 3 is 1.29 bits per heavy atom. The van der Waals surface area contributed by atoms with Crippen molar-refractivity contribution >= 4 is 23.9 Å². The molecule has 8 nitrogen and oxygen atoms in total. The molecule has 0 rings (SSSR count). The maximum Gasteiger partial charge on any atom is 0.306 e. The highest BCUT2D eigenvalue weighted by molar-refractivity contribution is 5.70. The van der Waals surface area contributed by atoms with Gasteiger partial charge in [-0.15, -0.1) is 11.8 Å². The van der Waals surface area contributed by atoms with Crippen LogP contribution in [0, 0.1) is 23.7 Å². The van der Waals surface area contributed by atoms with Crippen molar-refractivity contribution in [3.05, 3.63) is 0 Å². The Morgan fingerprint density at radius 2 is 0.824 bits per heavy atom. The topological polar surface area (TPSA) is 116 Å². The third-order valence-electron chi connectivity index (χ3n) is 8.67. The second-order valence-corrected chi connectivity index (χ2v) is 13.6. The fraction of sp³-hybridized carbons (Fsp3) is 0.814. The van der Waals surface area contributed by atoms with Crippen molar-refractivity contribution in [1.29, 1.82) is 0 Å². The van der Waals surface area contributed by atoms with E-state index in [0.29, 0.717) is 51.7 Å². The van der Waals surface area contributed by atoms with Crippen LogP contribution in [0.15, 0.2) is 0 Å². The molecule has 51 heavy (non-hydrogen) atoms. The van der Waals surface area contributed by atoms with Crippen LogP contribution in [0.1, 0.15) is 206 Å². The largest absolute Gasteiger partial charge is 0.481 e. The zero-order valence-electron chi connectivity index (χ0n) is 32.5. The minimum atomic E-state index is -0.850. The van der Waals surface area contributed by atoms with Crippen molar-refractivity contribution in [2.45, 2.75) is 213 Å². The Hall–Kier alpha value is -3.00. The van der Waals surface area contributed by atoms with Crippen LogP contribution < -0.4 is 0 Å². The van der Waals surface area contributed by atoms with Crippen molar-refractivity contribution < 1.29 is 38.5 Å². The van der Waals surface area contributed by atoms with Gasteiger partial charge in [0.05, 0.1) is 0 Å². The number of hydrogen-bond acceptors (Lipinski definition) is 7. The molecule has 0 saturated heterocycles. The minimum absolute atomic E-state index is 0.0635. The number of rotatable bonds is 34. The van der Waals surface area contributed by atoms with E-state index in [4.69, 9.17) is 19.3 Å². The first kappa shape index (κ1) is 48.0. The number of carboxylic acids is 1. The van der Waals surface area contributed by atoms with Crippen LogP contribution in [0.4, 0.5) is 0 Å². The third kappa shape index (κ3) is 38.1. The van der Waals surface area contributed by atoms with Gasteiger partial charge in [-0.05, 0) is 64.2 Å². The van der Waals surface area contributed by atoms with E-state index in [-0.39, 0.29) is 36.9 Å². The van der Waals surface area contributed by atoms with E-state index in [0.717, 1.165) is 103 Å². The molecule has 0 bridgehead atoms. The van der Waals surface area contributed by atoms with Crippen LogP contribution in [-0.4, -0.2) is 48.3 Å². The zero-order chi connectivity index (χ0) is 37.5. The van der Waals surface area contributed by atoms with Gasteiger partial charge in [-0.2, -0.15) is 0 Å². The third-order valence-corrected chi connectivity index (χ3v) is 8.67. The lowest BCUT2D eigenvalue weighted by molar-refractivity contribution is -0.150. The Balaban J connectivity index is 4.16. The molecule has 0 aromatic heterocycles. The smallest absolute Gasteiger partial charge is 0.306 e. The van der Waals surface area contributed by atoms with Gasteiger partial charge >= 0.3 is 23.9 Å². The zero-order valence-corrected chi connectivity index (χ0v) is 32.5. The minimum Gasteiger partial charge on any atom is -0.481 e. The lowest BCUT2D eigenvalue weighted by Gasteiger charge is -2.18. The molecule has 0 spiro atoms. The van der Waals surface area contributed by atoms with Crippen LogP contribution >= 0.6 is 0 Å². The molecular formula is C43H72O8. The number of aliphatic carboxylic acids is 1. The van der Waals surface area contributed by atoms with E-state index in [9.17, 15) is 19.2 Å². The molecule has 0 aliphatic rings. The van der Waals surface area contributed by atoms with Gasteiger partial charge < -0.3 is 19.3 Å². The van der Waals surface area contributed by atoms with E-state index in [1.807, 2.05) is 0 Å². The second-order valence-electron chi connectivity index (χ2n) is 13.6. The van der Waals surface area contributed by atoms with E-state index >= 15 is 0 Å². The monoisotopic (exact) mass is 717 g/mol. The maximum atomic E-state index is 12.5. The van der Waals surface area contributed by atoms with Gasteiger partial charge in [-0.3, -0.25) is 19.2 Å². The quantitative estimate of drug-likeness (QED) is 0.0303. The van der Waals surface area contributed by atoms with Crippen LogP contribution in [0.3, 0.4) is 0 Å². The number of carboxylic acid groups (broad SMARTS) is 1. The van der Waals surface area contributed by atoms with Gasteiger partial charge in [-0.1, -0.05) is 103 Å². The number of carbonyl (C=O) groups is 4. The fourth-order valence-corrected chi connectivity index (χ4v) is 5.61. The molecule has 0 fully saturated rings. The summed E-state index contributed by atoms with van der Waals surface area (Å²) < 4.78 is 16.4. The van der Waals surface area contributed by atoms with Crippen LogP contribution in [-0.2, 0) is 33.4 Å². The molecule has 0 heterocycles. The number of unbranched alkanes of at least 4 members (excludes halogenated alkanes) is 17. The summed E-state index contributed by atoms with van der Waals surface area (Å²) in [5.74, 6) is 11.1. The molecule has 0 unspecified atom stereocenters. The molecule has 0 saturated carbocycles. The van der Waals surface area contributed by atoms with Crippen LogP contribution in [0.5, 0.6) is 0 Å².